The topological polar surface area (TPSA) is 121 Å². The largest absolute Gasteiger partial charge is 0.454 e. The highest BCUT2D eigenvalue weighted by Gasteiger charge is 2.25. The molecule has 0 saturated heterocycles. The molecule has 1 unspecified atom stereocenters. The zero-order valence-electron chi connectivity index (χ0n) is 14.9. The predicted molar refractivity (Wildman–Crippen MR) is 107 cm³/mol. The molecule has 0 amide bonds. The third-order valence-corrected chi connectivity index (χ3v) is 4.79. The van der Waals surface area contributed by atoms with Crippen molar-refractivity contribution in [3.63, 3.8) is 0 Å². The van der Waals surface area contributed by atoms with E-state index in [1.807, 2.05) is 36.4 Å². The first-order valence-electron chi connectivity index (χ1n) is 8.89. The molecular weight excluding hydrogens is 356 g/mol. The first-order valence-corrected chi connectivity index (χ1v) is 8.89. The summed E-state index contributed by atoms with van der Waals surface area (Å²) in [5, 5.41) is 3.43. The maximum absolute atomic E-state index is 6.10. The molecular formula is C20H18N6O2. The second-order valence-electron chi connectivity index (χ2n) is 6.60. The number of hydrogen-bond acceptors (Lipinski definition) is 8. The summed E-state index contributed by atoms with van der Waals surface area (Å²) in [6.45, 7) is 0.225. The highest BCUT2D eigenvalue weighted by atomic mass is 16.7. The van der Waals surface area contributed by atoms with Crippen LogP contribution in [-0.4, -0.2) is 22.5 Å². The number of fused-ring (bicyclic) bond motifs is 2. The molecule has 2 aliphatic rings. The number of nitrogens with one attached hydrogen (secondary N) is 1. The van der Waals surface area contributed by atoms with Gasteiger partial charge in [0.15, 0.2) is 23.1 Å². The van der Waals surface area contributed by atoms with Crippen molar-refractivity contribution in [3.05, 3.63) is 59.7 Å². The molecule has 0 radical (unpaired) electrons. The van der Waals surface area contributed by atoms with Crippen LogP contribution >= 0.6 is 0 Å². The molecule has 0 bridgehead atoms. The minimum atomic E-state index is -0.0553. The van der Waals surface area contributed by atoms with Gasteiger partial charge in [0, 0.05) is 6.42 Å². The first-order chi connectivity index (χ1) is 13.7. The van der Waals surface area contributed by atoms with E-state index in [2.05, 4.69) is 27.4 Å². The molecule has 0 aliphatic carbocycles. The van der Waals surface area contributed by atoms with Crippen molar-refractivity contribution in [1.29, 1.82) is 0 Å². The highest BCUT2D eigenvalue weighted by Crippen LogP contribution is 2.39. The number of aliphatic imine (C=N–C) groups is 1. The van der Waals surface area contributed by atoms with Crippen LogP contribution < -0.4 is 26.3 Å². The van der Waals surface area contributed by atoms with Crippen LogP contribution in [0.5, 0.6) is 11.5 Å². The van der Waals surface area contributed by atoms with E-state index in [4.69, 9.17) is 25.9 Å². The van der Waals surface area contributed by atoms with Gasteiger partial charge in [0.2, 0.25) is 12.7 Å². The molecule has 1 atom stereocenters. The summed E-state index contributed by atoms with van der Waals surface area (Å²) < 4.78 is 10.9. The maximum atomic E-state index is 6.10. The summed E-state index contributed by atoms with van der Waals surface area (Å²) in [7, 11) is 0. The lowest BCUT2D eigenvalue weighted by Crippen LogP contribution is -2.15. The number of benzene rings is 2. The van der Waals surface area contributed by atoms with E-state index in [0.717, 1.165) is 22.6 Å². The van der Waals surface area contributed by atoms with Gasteiger partial charge in [-0.2, -0.15) is 9.97 Å². The Balaban J connectivity index is 1.64. The molecule has 5 N–H and O–H groups in total. The minimum absolute atomic E-state index is 0.0553. The van der Waals surface area contributed by atoms with Crippen molar-refractivity contribution in [2.45, 2.75) is 12.5 Å². The second kappa shape index (κ2) is 6.41. The monoisotopic (exact) mass is 374 g/mol. The van der Waals surface area contributed by atoms with Gasteiger partial charge >= 0.3 is 0 Å². The lowest BCUT2D eigenvalue weighted by molar-refractivity contribution is 0.174. The molecule has 3 aromatic rings. The van der Waals surface area contributed by atoms with Crippen LogP contribution in [0.15, 0.2) is 53.5 Å². The molecule has 0 saturated carbocycles. The Morgan fingerprint density at radius 1 is 0.964 bits per heavy atom. The minimum Gasteiger partial charge on any atom is -0.454 e. The molecule has 2 aliphatic heterocycles. The number of nitrogen functional groups attached to an aromatic ring is 2. The summed E-state index contributed by atoms with van der Waals surface area (Å²) >= 11 is 0. The number of nitrogens with zero attached hydrogens (tertiary/aromatic N) is 3. The van der Waals surface area contributed by atoms with Crippen molar-refractivity contribution in [3.8, 4) is 11.5 Å². The Hall–Kier alpha value is -3.81. The van der Waals surface area contributed by atoms with Gasteiger partial charge in [0.25, 0.3) is 0 Å². The van der Waals surface area contributed by atoms with Crippen molar-refractivity contribution in [1.82, 2.24) is 9.97 Å². The number of rotatable bonds is 2. The lowest BCUT2D eigenvalue weighted by atomic mass is 9.97. The molecule has 1 aromatic heterocycles. The Morgan fingerprint density at radius 3 is 2.64 bits per heavy atom. The van der Waals surface area contributed by atoms with Crippen LogP contribution in [0.3, 0.4) is 0 Å². The highest BCUT2D eigenvalue weighted by molar-refractivity contribution is 6.05. The molecule has 2 aromatic carbocycles. The summed E-state index contributed by atoms with van der Waals surface area (Å²) in [5.41, 5.74) is 15.3. The molecule has 8 nitrogen and oxygen atoms in total. The predicted octanol–water partition coefficient (Wildman–Crippen LogP) is 3.05. The zero-order chi connectivity index (χ0) is 19.1. The number of anilines is 3. The van der Waals surface area contributed by atoms with Gasteiger partial charge < -0.3 is 26.3 Å². The number of ether oxygens (including phenoxy) is 2. The van der Waals surface area contributed by atoms with Gasteiger partial charge in [0.05, 0.1) is 11.8 Å². The Bertz CT molecular complexity index is 1080. The second-order valence-corrected chi connectivity index (χ2v) is 6.60. The third kappa shape index (κ3) is 2.84. The quantitative estimate of drug-likeness (QED) is 0.630. The molecule has 5 rings (SSSR count). The molecule has 3 heterocycles. The van der Waals surface area contributed by atoms with E-state index in [9.17, 15) is 0 Å². The van der Waals surface area contributed by atoms with Gasteiger partial charge in [-0.25, -0.2) is 4.99 Å². The van der Waals surface area contributed by atoms with E-state index in [1.165, 1.54) is 0 Å². The van der Waals surface area contributed by atoms with E-state index in [1.54, 1.807) is 0 Å². The van der Waals surface area contributed by atoms with Crippen LogP contribution in [-0.2, 0) is 0 Å². The lowest BCUT2D eigenvalue weighted by Gasteiger charge is -2.19. The van der Waals surface area contributed by atoms with Crippen molar-refractivity contribution < 1.29 is 9.47 Å². The maximum Gasteiger partial charge on any atom is 0.231 e. The standard InChI is InChI=1S/C20H18N6O2/c21-18-17-19(26-20(22)25-18)24-13(11-4-2-1-3-5-11)9-14(23-17)12-6-7-15-16(8-12)28-10-27-15/h1-8,13H,9-10H2,(H5,21,22,24,25,26). The van der Waals surface area contributed by atoms with Crippen LogP contribution in [0.2, 0.25) is 0 Å². The third-order valence-electron chi connectivity index (χ3n) is 4.79. The van der Waals surface area contributed by atoms with E-state index in [0.29, 0.717) is 23.7 Å². The fourth-order valence-corrected chi connectivity index (χ4v) is 3.44. The summed E-state index contributed by atoms with van der Waals surface area (Å²) in [6, 6.07) is 15.9. The van der Waals surface area contributed by atoms with Crippen molar-refractivity contribution in [2.75, 3.05) is 23.6 Å². The van der Waals surface area contributed by atoms with E-state index < -0.39 is 0 Å². The van der Waals surface area contributed by atoms with Gasteiger partial charge in [-0.05, 0) is 29.3 Å². The van der Waals surface area contributed by atoms with E-state index >= 15 is 0 Å². The van der Waals surface area contributed by atoms with Gasteiger partial charge in [-0.3, -0.25) is 0 Å². The zero-order valence-corrected chi connectivity index (χ0v) is 14.9. The van der Waals surface area contributed by atoms with Crippen molar-refractivity contribution in [2.24, 2.45) is 4.99 Å². The Labute approximate surface area is 161 Å². The average molecular weight is 374 g/mol. The Kier molecular flexibility index (Phi) is 3.75. The normalized spacial score (nSPS) is 17.3. The summed E-state index contributed by atoms with van der Waals surface area (Å²) in [5.74, 6) is 2.30. The van der Waals surface area contributed by atoms with Crippen molar-refractivity contribution >= 4 is 29.0 Å². The van der Waals surface area contributed by atoms with Gasteiger partial charge in [-0.15, -0.1) is 0 Å². The molecule has 0 fully saturated rings. The number of hydrogen-bond donors (Lipinski definition) is 3. The molecule has 28 heavy (non-hydrogen) atoms. The smallest absolute Gasteiger partial charge is 0.231 e. The van der Waals surface area contributed by atoms with Crippen LogP contribution in [0.1, 0.15) is 23.6 Å². The fraction of sp³-hybridized carbons (Fsp3) is 0.150. The van der Waals surface area contributed by atoms with Gasteiger partial charge in [0.1, 0.15) is 5.69 Å². The fourth-order valence-electron chi connectivity index (χ4n) is 3.44. The number of nitrogens with two attached hydrogens (primary N) is 2. The summed E-state index contributed by atoms with van der Waals surface area (Å²) in [4.78, 5) is 13.2. The molecule has 8 heteroatoms. The van der Waals surface area contributed by atoms with E-state index in [-0.39, 0.29) is 24.6 Å². The average Bonchev–Trinajstić information content (AvgIpc) is 3.08. The Morgan fingerprint density at radius 2 is 1.79 bits per heavy atom. The molecule has 140 valence electrons. The first kappa shape index (κ1) is 16.4. The van der Waals surface area contributed by atoms with Crippen LogP contribution in [0.4, 0.5) is 23.3 Å². The van der Waals surface area contributed by atoms with Crippen LogP contribution in [0.25, 0.3) is 0 Å². The van der Waals surface area contributed by atoms with Crippen LogP contribution in [0, 0.1) is 0 Å². The SMILES string of the molecule is Nc1nc(N)c2c(n1)NC(c1ccccc1)CC(c1ccc3c(c1)OCO3)=N2. The molecule has 0 spiro atoms. The van der Waals surface area contributed by atoms with Gasteiger partial charge in [-0.1, -0.05) is 30.3 Å². The summed E-state index contributed by atoms with van der Waals surface area (Å²) in [6.07, 6.45) is 0.624. The number of aromatic nitrogens is 2.